The lowest BCUT2D eigenvalue weighted by atomic mass is 10.0. The summed E-state index contributed by atoms with van der Waals surface area (Å²) in [7, 11) is 1.81. The van der Waals surface area contributed by atoms with Gasteiger partial charge in [-0.05, 0) is 31.0 Å². The lowest BCUT2D eigenvalue weighted by Crippen LogP contribution is -2.09. The van der Waals surface area contributed by atoms with E-state index in [1.165, 1.54) is 5.56 Å². The number of carbonyl (C=O) groups is 1. The minimum Gasteiger partial charge on any atom is -0.462 e. The van der Waals surface area contributed by atoms with E-state index in [-0.39, 0.29) is 5.97 Å². The number of fused-ring (bicyclic) bond motifs is 1. The number of hydrogen-bond acceptors (Lipinski definition) is 4. The van der Waals surface area contributed by atoms with Crippen LogP contribution in [0.5, 0.6) is 0 Å². The Balaban J connectivity index is 2.58. The van der Waals surface area contributed by atoms with Gasteiger partial charge in [-0.3, -0.25) is 4.98 Å². The Bertz CT molecular complexity index is 623. The summed E-state index contributed by atoms with van der Waals surface area (Å²) < 4.78 is 5.08. The van der Waals surface area contributed by atoms with Crippen molar-refractivity contribution in [3.63, 3.8) is 0 Å². The molecule has 0 spiro atoms. The van der Waals surface area contributed by atoms with E-state index in [1.54, 1.807) is 13.1 Å². The monoisotopic (exact) mass is 272 g/mol. The summed E-state index contributed by atoms with van der Waals surface area (Å²) in [6.07, 6.45) is 3.68. The largest absolute Gasteiger partial charge is 0.462 e. The summed E-state index contributed by atoms with van der Waals surface area (Å²) in [4.78, 5) is 16.3. The van der Waals surface area contributed by atoms with Crippen LogP contribution in [0.15, 0.2) is 24.4 Å². The Labute approximate surface area is 119 Å². The normalized spacial score (nSPS) is 10.6. The van der Waals surface area contributed by atoms with Crippen molar-refractivity contribution in [2.45, 2.75) is 26.7 Å². The second-order valence-corrected chi connectivity index (χ2v) is 4.62. The summed E-state index contributed by atoms with van der Waals surface area (Å²) in [6, 6.07) is 6.18. The van der Waals surface area contributed by atoms with Crippen molar-refractivity contribution in [3.05, 3.63) is 35.5 Å². The van der Waals surface area contributed by atoms with Crippen molar-refractivity contribution in [1.29, 1.82) is 0 Å². The fourth-order valence-electron chi connectivity index (χ4n) is 2.32. The molecule has 0 aliphatic heterocycles. The van der Waals surface area contributed by atoms with Crippen LogP contribution in [-0.2, 0) is 11.2 Å². The Kier molecular flexibility index (Phi) is 4.56. The van der Waals surface area contributed by atoms with Gasteiger partial charge in [0, 0.05) is 18.6 Å². The van der Waals surface area contributed by atoms with Crippen molar-refractivity contribution >= 4 is 22.6 Å². The predicted molar refractivity (Wildman–Crippen MR) is 81.2 cm³/mol. The van der Waals surface area contributed by atoms with Gasteiger partial charge in [-0.25, -0.2) is 4.79 Å². The number of aromatic nitrogens is 1. The molecular weight excluding hydrogens is 252 g/mol. The summed E-state index contributed by atoms with van der Waals surface area (Å²) in [6.45, 7) is 4.30. The van der Waals surface area contributed by atoms with E-state index in [2.05, 4.69) is 29.4 Å². The van der Waals surface area contributed by atoms with Gasteiger partial charge in [0.2, 0.25) is 0 Å². The number of pyridine rings is 1. The van der Waals surface area contributed by atoms with E-state index < -0.39 is 0 Å². The van der Waals surface area contributed by atoms with Crippen molar-refractivity contribution in [2.24, 2.45) is 0 Å². The fraction of sp³-hybridized carbons (Fsp3) is 0.375. The highest BCUT2D eigenvalue weighted by Gasteiger charge is 2.15. The molecule has 0 aliphatic rings. The summed E-state index contributed by atoms with van der Waals surface area (Å²) in [5, 5.41) is 4.07. The van der Waals surface area contributed by atoms with Gasteiger partial charge >= 0.3 is 5.97 Å². The zero-order chi connectivity index (χ0) is 14.5. The molecule has 0 unspecified atom stereocenters. The average Bonchev–Trinajstić information content (AvgIpc) is 2.46. The SMILES string of the molecule is CCCc1ccc2ncc(C(=O)OCC)c(NC)c2c1. The second kappa shape index (κ2) is 6.37. The van der Waals surface area contributed by atoms with Gasteiger partial charge in [0.15, 0.2) is 0 Å². The molecule has 106 valence electrons. The zero-order valence-electron chi connectivity index (χ0n) is 12.2. The molecule has 1 aromatic carbocycles. The molecule has 4 heteroatoms. The summed E-state index contributed by atoms with van der Waals surface area (Å²) in [5.74, 6) is -0.341. The second-order valence-electron chi connectivity index (χ2n) is 4.62. The molecule has 0 saturated carbocycles. The highest BCUT2D eigenvalue weighted by molar-refractivity contribution is 6.04. The van der Waals surface area contributed by atoms with Gasteiger partial charge in [0.1, 0.15) is 5.56 Å². The molecule has 4 nitrogen and oxygen atoms in total. The molecule has 2 aromatic rings. The topological polar surface area (TPSA) is 51.2 Å². The maximum absolute atomic E-state index is 12.0. The van der Waals surface area contributed by atoms with Crippen LogP contribution in [0.2, 0.25) is 0 Å². The first-order valence-corrected chi connectivity index (χ1v) is 6.97. The number of hydrogen-bond donors (Lipinski definition) is 1. The molecule has 0 fully saturated rings. The number of aryl methyl sites for hydroxylation is 1. The number of nitrogens with zero attached hydrogens (tertiary/aromatic N) is 1. The third-order valence-electron chi connectivity index (χ3n) is 3.22. The lowest BCUT2D eigenvalue weighted by molar-refractivity contribution is 0.0527. The molecule has 0 radical (unpaired) electrons. The van der Waals surface area contributed by atoms with E-state index in [1.807, 2.05) is 13.1 Å². The van der Waals surface area contributed by atoms with E-state index in [0.717, 1.165) is 29.4 Å². The van der Waals surface area contributed by atoms with E-state index in [4.69, 9.17) is 4.74 Å². The van der Waals surface area contributed by atoms with Crippen LogP contribution in [0.4, 0.5) is 5.69 Å². The van der Waals surface area contributed by atoms with Gasteiger partial charge < -0.3 is 10.1 Å². The first-order valence-electron chi connectivity index (χ1n) is 6.97. The molecule has 2 rings (SSSR count). The highest BCUT2D eigenvalue weighted by Crippen LogP contribution is 2.27. The number of esters is 1. The highest BCUT2D eigenvalue weighted by atomic mass is 16.5. The molecule has 1 heterocycles. The molecule has 0 amide bonds. The molecule has 1 N–H and O–H groups in total. The molecule has 0 bridgehead atoms. The lowest BCUT2D eigenvalue weighted by Gasteiger charge is -2.12. The number of ether oxygens (including phenoxy) is 1. The zero-order valence-corrected chi connectivity index (χ0v) is 12.2. The molecule has 0 saturated heterocycles. The number of benzene rings is 1. The molecule has 0 aliphatic carbocycles. The third-order valence-corrected chi connectivity index (χ3v) is 3.22. The number of carbonyl (C=O) groups excluding carboxylic acids is 1. The van der Waals surface area contributed by atoms with Crippen molar-refractivity contribution in [1.82, 2.24) is 4.98 Å². The smallest absolute Gasteiger partial charge is 0.341 e. The first kappa shape index (κ1) is 14.3. The van der Waals surface area contributed by atoms with Gasteiger partial charge in [0.05, 0.1) is 17.8 Å². The van der Waals surface area contributed by atoms with E-state index >= 15 is 0 Å². The molecular formula is C16H20N2O2. The summed E-state index contributed by atoms with van der Waals surface area (Å²) >= 11 is 0. The van der Waals surface area contributed by atoms with Crippen LogP contribution in [-0.4, -0.2) is 24.6 Å². The van der Waals surface area contributed by atoms with Gasteiger partial charge in [-0.1, -0.05) is 19.4 Å². The third kappa shape index (κ3) is 2.74. The van der Waals surface area contributed by atoms with Crippen LogP contribution in [0.1, 0.15) is 36.2 Å². The number of rotatable bonds is 5. The predicted octanol–water partition coefficient (Wildman–Crippen LogP) is 3.41. The first-order chi connectivity index (χ1) is 9.71. The van der Waals surface area contributed by atoms with Crippen LogP contribution in [0.25, 0.3) is 10.9 Å². The van der Waals surface area contributed by atoms with Gasteiger partial charge in [-0.2, -0.15) is 0 Å². The van der Waals surface area contributed by atoms with Gasteiger partial charge in [0.25, 0.3) is 0 Å². The molecule has 1 aromatic heterocycles. The van der Waals surface area contributed by atoms with Crippen LogP contribution >= 0.6 is 0 Å². The minimum atomic E-state index is -0.341. The maximum Gasteiger partial charge on any atom is 0.341 e. The maximum atomic E-state index is 12.0. The van der Waals surface area contributed by atoms with Crippen molar-refractivity contribution in [3.8, 4) is 0 Å². The average molecular weight is 272 g/mol. The van der Waals surface area contributed by atoms with Crippen LogP contribution < -0.4 is 5.32 Å². The standard InChI is InChI=1S/C16H20N2O2/c1-4-6-11-7-8-14-12(9-11)15(17-3)13(10-18-14)16(19)20-5-2/h7-10H,4-6H2,1-3H3,(H,17,18). The Morgan fingerprint density at radius 3 is 2.80 bits per heavy atom. The van der Waals surface area contributed by atoms with Crippen molar-refractivity contribution < 1.29 is 9.53 Å². The number of anilines is 1. The number of nitrogens with one attached hydrogen (secondary N) is 1. The van der Waals surface area contributed by atoms with E-state index in [0.29, 0.717) is 12.2 Å². The Morgan fingerprint density at radius 2 is 2.15 bits per heavy atom. The Hall–Kier alpha value is -2.10. The minimum absolute atomic E-state index is 0.341. The molecule has 0 atom stereocenters. The van der Waals surface area contributed by atoms with Gasteiger partial charge in [-0.15, -0.1) is 0 Å². The van der Waals surface area contributed by atoms with Crippen molar-refractivity contribution in [2.75, 3.05) is 19.0 Å². The molecule has 20 heavy (non-hydrogen) atoms. The Morgan fingerprint density at radius 1 is 1.35 bits per heavy atom. The summed E-state index contributed by atoms with van der Waals surface area (Å²) in [5.41, 5.74) is 3.39. The quantitative estimate of drug-likeness (QED) is 0.847. The fourth-order valence-corrected chi connectivity index (χ4v) is 2.32. The van der Waals surface area contributed by atoms with E-state index in [9.17, 15) is 4.79 Å². The van der Waals surface area contributed by atoms with Crippen LogP contribution in [0, 0.1) is 0 Å². The van der Waals surface area contributed by atoms with Crippen LogP contribution in [0.3, 0.4) is 0 Å².